The molecule has 1 aromatic rings. The van der Waals surface area contributed by atoms with Gasteiger partial charge in [0, 0.05) is 18.1 Å². The monoisotopic (exact) mass is 276 g/mol. The highest BCUT2D eigenvalue weighted by atomic mass is 16.5. The quantitative estimate of drug-likeness (QED) is 0.251. The lowest BCUT2D eigenvalue weighted by Gasteiger charge is -2.05. The first-order valence-electron chi connectivity index (χ1n) is 6.14. The van der Waals surface area contributed by atoms with E-state index in [0.29, 0.717) is 17.7 Å². The van der Waals surface area contributed by atoms with Crippen LogP contribution in [-0.2, 0) is 14.3 Å². The molecular formula is C15H16O5. The third-order valence-corrected chi connectivity index (χ3v) is 2.43. The molecule has 0 unspecified atom stereocenters. The van der Waals surface area contributed by atoms with Crippen LogP contribution in [0.5, 0.6) is 5.75 Å². The first-order chi connectivity index (χ1) is 9.52. The van der Waals surface area contributed by atoms with Gasteiger partial charge in [-0.2, -0.15) is 0 Å². The standard InChI is InChI=1S/C15H16O5/c1-3-14(17)19-10-4-5-15(18)20-13-8-6-12(7-9-13)11(2)16/h3,6-9H,1,4-5,10H2,2H3. The van der Waals surface area contributed by atoms with Crippen LogP contribution < -0.4 is 4.74 Å². The summed E-state index contributed by atoms with van der Waals surface area (Å²) >= 11 is 0. The van der Waals surface area contributed by atoms with Gasteiger partial charge in [0.25, 0.3) is 0 Å². The van der Waals surface area contributed by atoms with E-state index in [4.69, 9.17) is 9.47 Å². The highest BCUT2D eigenvalue weighted by Gasteiger charge is 2.06. The topological polar surface area (TPSA) is 69.7 Å². The number of ether oxygens (including phenoxy) is 2. The third-order valence-electron chi connectivity index (χ3n) is 2.43. The van der Waals surface area contributed by atoms with Crippen LogP contribution in [0, 0.1) is 0 Å². The molecule has 0 atom stereocenters. The predicted octanol–water partition coefficient (Wildman–Crippen LogP) is 2.30. The molecule has 0 spiro atoms. The lowest BCUT2D eigenvalue weighted by Crippen LogP contribution is -2.10. The first kappa shape index (κ1) is 15.6. The SMILES string of the molecule is C=CC(=O)OCCCC(=O)Oc1ccc(C(C)=O)cc1. The second-order valence-electron chi connectivity index (χ2n) is 4.03. The van der Waals surface area contributed by atoms with Crippen LogP contribution in [0.2, 0.25) is 0 Å². The van der Waals surface area contributed by atoms with Crippen LogP contribution in [0.1, 0.15) is 30.1 Å². The van der Waals surface area contributed by atoms with Crippen molar-refractivity contribution in [2.75, 3.05) is 6.61 Å². The molecule has 5 nitrogen and oxygen atoms in total. The van der Waals surface area contributed by atoms with E-state index < -0.39 is 11.9 Å². The normalized spacial score (nSPS) is 9.65. The molecule has 5 heteroatoms. The number of Topliss-reactive ketones (excluding diaryl/α,β-unsaturated/α-hetero) is 1. The number of rotatable bonds is 7. The third kappa shape index (κ3) is 5.48. The van der Waals surface area contributed by atoms with Crippen molar-refractivity contribution < 1.29 is 23.9 Å². The number of hydrogen-bond donors (Lipinski definition) is 0. The highest BCUT2D eigenvalue weighted by molar-refractivity contribution is 5.94. The molecule has 0 aliphatic rings. The van der Waals surface area contributed by atoms with E-state index in [1.807, 2.05) is 0 Å². The van der Waals surface area contributed by atoms with E-state index in [0.717, 1.165) is 6.08 Å². The highest BCUT2D eigenvalue weighted by Crippen LogP contribution is 2.13. The van der Waals surface area contributed by atoms with Crippen molar-refractivity contribution in [3.63, 3.8) is 0 Å². The van der Waals surface area contributed by atoms with Gasteiger partial charge in [-0.05, 0) is 37.6 Å². The fourth-order valence-electron chi connectivity index (χ4n) is 1.39. The minimum atomic E-state index is -0.516. The second-order valence-corrected chi connectivity index (χ2v) is 4.03. The Labute approximate surface area is 117 Å². The van der Waals surface area contributed by atoms with Crippen molar-refractivity contribution in [1.82, 2.24) is 0 Å². The molecule has 106 valence electrons. The summed E-state index contributed by atoms with van der Waals surface area (Å²) in [6.07, 6.45) is 1.58. The second kappa shape index (κ2) is 7.89. The molecule has 0 heterocycles. The molecule has 1 aromatic carbocycles. The summed E-state index contributed by atoms with van der Waals surface area (Å²) in [5.74, 6) is -0.608. The number of carbonyl (C=O) groups is 3. The Morgan fingerprint density at radius 1 is 1.20 bits per heavy atom. The maximum atomic E-state index is 11.5. The van der Waals surface area contributed by atoms with Crippen molar-refractivity contribution >= 4 is 17.7 Å². The fraction of sp³-hybridized carbons (Fsp3) is 0.267. The van der Waals surface area contributed by atoms with Crippen LogP contribution >= 0.6 is 0 Å². The van der Waals surface area contributed by atoms with Gasteiger partial charge >= 0.3 is 11.9 Å². The molecule has 0 saturated heterocycles. The molecule has 0 N–H and O–H groups in total. The number of ketones is 1. The Morgan fingerprint density at radius 2 is 1.85 bits per heavy atom. The van der Waals surface area contributed by atoms with Gasteiger partial charge < -0.3 is 9.47 Å². The van der Waals surface area contributed by atoms with E-state index in [2.05, 4.69) is 6.58 Å². The molecule has 0 fully saturated rings. The smallest absolute Gasteiger partial charge is 0.330 e. The maximum Gasteiger partial charge on any atom is 0.330 e. The molecule has 20 heavy (non-hydrogen) atoms. The number of esters is 2. The fourth-order valence-corrected chi connectivity index (χ4v) is 1.39. The van der Waals surface area contributed by atoms with Crippen molar-refractivity contribution in [3.8, 4) is 5.75 Å². The van der Waals surface area contributed by atoms with Crippen LogP contribution in [0.3, 0.4) is 0 Å². The molecule has 0 aromatic heterocycles. The van der Waals surface area contributed by atoms with Gasteiger partial charge in [0.15, 0.2) is 5.78 Å². The van der Waals surface area contributed by atoms with Gasteiger partial charge in [-0.25, -0.2) is 4.79 Å². The molecule has 0 radical (unpaired) electrons. The largest absolute Gasteiger partial charge is 0.463 e. The molecule has 0 amide bonds. The molecule has 0 saturated carbocycles. The number of benzene rings is 1. The summed E-state index contributed by atoms with van der Waals surface area (Å²) < 4.78 is 9.80. The molecular weight excluding hydrogens is 260 g/mol. The van der Waals surface area contributed by atoms with E-state index in [-0.39, 0.29) is 18.8 Å². The molecule has 0 aliphatic carbocycles. The Hall–Kier alpha value is -2.43. The van der Waals surface area contributed by atoms with Gasteiger partial charge in [-0.15, -0.1) is 0 Å². The zero-order valence-corrected chi connectivity index (χ0v) is 11.3. The van der Waals surface area contributed by atoms with Crippen molar-refractivity contribution in [2.24, 2.45) is 0 Å². The van der Waals surface area contributed by atoms with Crippen molar-refractivity contribution in [3.05, 3.63) is 42.5 Å². The lowest BCUT2D eigenvalue weighted by molar-refractivity contribution is -0.140. The first-order valence-corrected chi connectivity index (χ1v) is 6.14. The van der Waals surface area contributed by atoms with E-state index >= 15 is 0 Å². The molecule has 1 rings (SSSR count). The predicted molar refractivity (Wildman–Crippen MR) is 72.5 cm³/mol. The van der Waals surface area contributed by atoms with E-state index in [9.17, 15) is 14.4 Å². The summed E-state index contributed by atoms with van der Waals surface area (Å²) in [4.78, 5) is 33.3. The van der Waals surface area contributed by atoms with E-state index in [1.165, 1.54) is 6.92 Å². The summed E-state index contributed by atoms with van der Waals surface area (Å²) in [5, 5.41) is 0. The van der Waals surface area contributed by atoms with Gasteiger partial charge in [0.05, 0.1) is 6.61 Å². The Morgan fingerprint density at radius 3 is 2.40 bits per heavy atom. The van der Waals surface area contributed by atoms with E-state index in [1.54, 1.807) is 24.3 Å². The zero-order chi connectivity index (χ0) is 15.0. The number of carbonyl (C=O) groups excluding carboxylic acids is 3. The molecule has 0 bridgehead atoms. The van der Waals surface area contributed by atoms with Gasteiger partial charge in [0.1, 0.15) is 5.75 Å². The maximum absolute atomic E-state index is 11.5. The summed E-state index contributed by atoms with van der Waals surface area (Å²) in [6, 6.07) is 6.31. The summed E-state index contributed by atoms with van der Waals surface area (Å²) in [5.41, 5.74) is 0.557. The van der Waals surface area contributed by atoms with Crippen LogP contribution in [0.25, 0.3) is 0 Å². The Bertz CT molecular complexity index is 502. The average Bonchev–Trinajstić information content (AvgIpc) is 2.43. The zero-order valence-electron chi connectivity index (χ0n) is 11.3. The van der Waals surface area contributed by atoms with Crippen LogP contribution in [0.15, 0.2) is 36.9 Å². The van der Waals surface area contributed by atoms with Crippen molar-refractivity contribution in [2.45, 2.75) is 19.8 Å². The summed E-state index contributed by atoms with van der Waals surface area (Å²) in [7, 11) is 0. The minimum Gasteiger partial charge on any atom is -0.463 e. The minimum absolute atomic E-state index is 0.0492. The van der Waals surface area contributed by atoms with Crippen LogP contribution in [-0.4, -0.2) is 24.3 Å². The summed E-state index contributed by atoms with van der Waals surface area (Å²) in [6.45, 7) is 4.87. The lowest BCUT2D eigenvalue weighted by atomic mass is 10.1. The van der Waals surface area contributed by atoms with Crippen molar-refractivity contribution in [1.29, 1.82) is 0 Å². The Kier molecular flexibility index (Phi) is 6.16. The molecule has 0 aliphatic heterocycles. The van der Waals surface area contributed by atoms with Gasteiger partial charge in [0.2, 0.25) is 0 Å². The number of hydrogen-bond acceptors (Lipinski definition) is 5. The van der Waals surface area contributed by atoms with Gasteiger partial charge in [-0.3, -0.25) is 9.59 Å². The van der Waals surface area contributed by atoms with Crippen LogP contribution in [0.4, 0.5) is 0 Å². The average molecular weight is 276 g/mol. The Balaban J connectivity index is 2.33. The van der Waals surface area contributed by atoms with Gasteiger partial charge in [-0.1, -0.05) is 6.58 Å².